The summed E-state index contributed by atoms with van der Waals surface area (Å²) in [5.41, 5.74) is -5.13. The third-order valence-corrected chi connectivity index (χ3v) is 5.89. The zero-order valence-electron chi connectivity index (χ0n) is 13.8. The molecule has 1 saturated heterocycles. The predicted molar refractivity (Wildman–Crippen MR) is 86.9 cm³/mol. The first-order chi connectivity index (χ1) is 12.1. The highest BCUT2D eigenvalue weighted by Gasteiger charge is 2.51. The molecule has 0 radical (unpaired) electrons. The molecule has 1 atom stereocenters. The molecule has 1 heterocycles. The van der Waals surface area contributed by atoms with Crippen LogP contribution in [0.1, 0.15) is 31.2 Å². The number of halogens is 3. The van der Waals surface area contributed by atoms with E-state index in [1.807, 2.05) is 30.3 Å². The van der Waals surface area contributed by atoms with Gasteiger partial charge in [-0.3, -0.25) is 4.79 Å². The van der Waals surface area contributed by atoms with E-state index >= 15 is 0 Å². The van der Waals surface area contributed by atoms with Gasteiger partial charge in [0.1, 0.15) is 5.76 Å². The summed E-state index contributed by atoms with van der Waals surface area (Å²) in [7, 11) is -5.66. The zero-order chi connectivity index (χ0) is 19.0. The minimum atomic E-state index is -5.66. The molecule has 142 valence electrons. The minimum Gasteiger partial charge on any atom is -0.381 e. The van der Waals surface area contributed by atoms with E-state index in [0.717, 1.165) is 5.56 Å². The molecule has 26 heavy (non-hydrogen) atoms. The molecule has 0 N–H and O–H groups in total. The number of amides is 1. The molecule has 1 unspecified atom stereocenters. The van der Waals surface area contributed by atoms with Gasteiger partial charge in [0.25, 0.3) is 0 Å². The van der Waals surface area contributed by atoms with Gasteiger partial charge in [-0.25, -0.2) is 0 Å². The maximum Gasteiger partial charge on any atom is 0.534 e. The molecular formula is C17H18F3NO4S. The molecule has 3 rings (SSSR count). The maximum absolute atomic E-state index is 12.8. The van der Waals surface area contributed by atoms with Crippen LogP contribution in [-0.4, -0.2) is 31.3 Å². The van der Waals surface area contributed by atoms with Crippen molar-refractivity contribution >= 4 is 16.0 Å². The number of allylic oxidation sites excluding steroid dienone is 2. The van der Waals surface area contributed by atoms with Crippen molar-refractivity contribution in [1.82, 2.24) is 4.90 Å². The number of hydrogen-bond donors (Lipinski definition) is 0. The SMILES string of the molecule is O=C1N(Cc2ccccc2)CCC12CC=C(OS(=O)(=O)C(F)(F)F)CC2. The Hall–Kier alpha value is -2.03. The van der Waals surface area contributed by atoms with Crippen LogP contribution < -0.4 is 0 Å². The fraction of sp³-hybridized carbons (Fsp3) is 0.471. The lowest BCUT2D eigenvalue weighted by Crippen LogP contribution is -2.36. The third kappa shape index (κ3) is 3.58. The van der Waals surface area contributed by atoms with E-state index in [4.69, 9.17) is 0 Å². The van der Waals surface area contributed by atoms with Crippen molar-refractivity contribution < 1.29 is 30.6 Å². The van der Waals surface area contributed by atoms with Crippen LogP contribution >= 0.6 is 0 Å². The number of nitrogens with zero attached hydrogens (tertiary/aromatic N) is 1. The molecule has 1 aliphatic heterocycles. The van der Waals surface area contributed by atoms with Crippen molar-refractivity contribution in [1.29, 1.82) is 0 Å². The predicted octanol–water partition coefficient (Wildman–Crippen LogP) is 3.34. The number of benzene rings is 1. The molecule has 5 nitrogen and oxygen atoms in total. The summed E-state index contributed by atoms with van der Waals surface area (Å²) >= 11 is 0. The molecule has 2 aliphatic rings. The fourth-order valence-electron chi connectivity index (χ4n) is 3.41. The van der Waals surface area contributed by atoms with Gasteiger partial charge in [-0.15, -0.1) is 0 Å². The van der Waals surface area contributed by atoms with Gasteiger partial charge < -0.3 is 9.08 Å². The summed E-state index contributed by atoms with van der Waals surface area (Å²) in [6.45, 7) is 1.05. The topological polar surface area (TPSA) is 63.7 Å². The second-order valence-electron chi connectivity index (χ2n) is 6.60. The van der Waals surface area contributed by atoms with Crippen molar-refractivity contribution in [2.45, 2.75) is 37.7 Å². The summed E-state index contributed by atoms with van der Waals surface area (Å²) in [5, 5.41) is 0. The van der Waals surface area contributed by atoms with Crippen LogP contribution in [-0.2, 0) is 25.6 Å². The Morgan fingerprint density at radius 1 is 1.15 bits per heavy atom. The molecule has 9 heteroatoms. The first kappa shape index (κ1) is 18.8. The molecule has 1 fully saturated rings. The average molecular weight is 389 g/mol. The second-order valence-corrected chi connectivity index (χ2v) is 8.14. The van der Waals surface area contributed by atoms with E-state index in [2.05, 4.69) is 4.18 Å². The Labute approximate surface area is 149 Å². The van der Waals surface area contributed by atoms with E-state index in [-0.39, 0.29) is 30.9 Å². The van der Waals surface area contributed by atoms with Crippen LogP contribution in [0.2, 0.25) is 0 Å². The third-order valence-electron chi connectivity index (χ3n) is 4.89. The zero-order valence-corrected chi connectivity index (χ0v) is 14.6. The number of hydrogen-bond acceptors (Lipinski definition) is 4. The largest absolute Gasteiger partial charge is 0.534 e. The van der Waals surface area contributed by atoms with Crippen molar-refractivity contribution in [3.05, 3.63) is 47.7 Å². The molecule has 1 spiro atoms. The van der Waals surface area contributed by atoms with Gasteiger partial charge in [-0.1, -0.05) is 30.3 Å². The molecule has 0 bridgehead atoms. The summed E-state index contributed by atoms with van der Waals surface area (Å²) in [5.74, 6) is -0.294. The van der Waals surface area contributed by atoms with E-state index in [0.29, 0.717) is 19.5 Å². The lowest BCUT2D eigenvalue weighted by Gasteiger charge is -2.30. The Balaban J connectivity index is 1.67. The van der Waals surface area contributed by atoms with Gasteiger partial charge in [-0.2, -0.15) is 21.6 Å². The summed E-state index contributed by atoms with van der Waals surface area (Å²) in [4.78, 5) is 14.5. The summed E-state index contributed by atoms with van der Waals surface area (Å²) in [6, 6.07) is 9.51. The monoisotopic (exact) mass is 389 g/mol. The summed E-state index contributed by atoms with van der Waals surface area (Å²) < 4.78 is 63.6. The van der Waals surface area contributed by atoms with Gasteiger partial charge in [0.15, 0.2) is 0 Å². The van der Waals surface area contributed by atoms with Crippen LogP contribution in [0.25, 0.3) is 0 Å². The number of rotatable bonds is 4. The molecule has 1 amide bonds. The van der Waals surface area contributed by atoms with Crippen LogP contribution in [0.15, 0.2) is 42.2 Å². The molecular weight excluding hydrogens is 371 g/mol. The number of carbonyl (C=O) groups is 1. The Kier molecular flexibility index (Phi) is 4.76. The molecule has 0 aromatic heterocycles. The number of carbonyl (C=O) groups excluding carboxylic acids is 1. The highest BCUT2D eigenvalue weighted by atomic mass is 32.2. The van der Waals surface area contributed by atoms with Crippen molar-refractivity contribution in [3.63, 3.8) is 0 Å². The quantitative estimate of drug-likeness (QED) is 0.585. The van der Waals surface area contributed by atoms with E-state index in [1.54, 1.807) is 4.90 Å². The van der Waals surface area contributed by atoms with Crippen LogP contribution in [0.5, 0.6) is 0 Å². The normalized spacial score (nSPS) is 24.0. The lowest BCUT2D eigenvalue weighted by molar-refractivity contribution is -0.137. The Morgan fingerprint density at radius 3 is 2.42 bits per heavy atom. The first-order valence-electron chi connectivity index (χ1n) is 8.16. The number of alkyl halides is 3. The molecule has 0 saturated carbocycles. The molecule has 1 aliphatic carbocycles. The first-order valence-corrected chi connectivity index (χ1v) is 9.57. The van der Waals surface area contributed by atoms with Crippen molar-refractivity contribution in [3.8, 4) is 0 Å². The van der Waals surface area contributed by atoms with Gasteiger partial charge in [0.05, 0.1) is 5.41 Å². The van der Waals surface area contributed by atoms with Crippen LogP contribution in [0.3, 0.4) is 0 Å². The van der Waals surface area contributed by atoms with Crippen LogP contribution in [0, 0.1) is 5.41 Å². The summed E-state index contributed by atoms with van der Waals surface area (Å²) in [6.07, 6.45) is 2.33. The Bertz CT molecular complexity index is 820. The van der Waals surface area contributed by atoms with Gasteiger partial charge in [0.2, 0.25) is 5.91 Å². The Morgan fingerprint density at radius 2 is 1.85 bits per heavy atom. The highest BCUT2D eigenvalue weighted by Crippen LogP contribution is 2.45. The van der Waals surface area contributed by atoms with Crippen molar-refractivity contribution in [2.24, 2.45) is 5.41 Å². The standard InChI is InChI=1S/C17H18F3NO4S/c18-17(19,20)26(23,24)25-14-6-8-16(9-7-14)10-11-21(15(16)22)12-13-4-2-1-3-5-13/h1-6H,7-12H2. The highest BCUT2D eigenvalue weighted by molar-refractivity contribution is 7.87. The minimum absolute atomic E-state index is 0.0137. The van der Waals surface area contributed by atoms with Gasteiger partial charge >= 0.3 is 15.6 Å². The smallest absolute Gasteiger partial charge is 0.381 e. The van der Waals surface area contributed by atoms with Crippen LogP contribution in [0.4, 0.5) is 13.2 Å². The van der Waals surface area contributed by atoms with Crippen molar-refractivity contribution in [2.75, 3.05) is 6.54 Å². The van der Waals surface area contributed by atoms with E-state index in [1.165, 1.54) is 6.08 Å². The molecule has 1 aromatic rings. The average Bonchev–Trinajstić information content (AvgIpc) is 2.87. The maximum atomic E-state index is 12.8. The number of likely N-dealkylation sites (tertiary alicyclic amines) is 1. The molecule has 1 aromatic carbocycles. The van der Waals surface area contributed by atoms with E-state index < -0.39 is 21.0 Å². The lowest BCUT2D eigenvalue weighted by atomic mass is 9.75. The van der Waals surface area contributed by atoms with E-state index in [9.17, 15) is 26.4 Å². The van der Waals surface area contributed by atoms with Gasteiger partial charge in [0, 0.05) is 19.5 Å². The second kappa shape index (κ2) is 6.61. The fourth-order valence-corrected chi connectivity index (χ4v) is 3.94. The van der Waals surface area contributed by atoms with Gasteiger partial charge in [-0.05, 0) is 30.9 Å².